The quantitative estimate of drug-likeness (QED) is 0.353. The molecule has 0 aliphatic rings. The second-order valence-corrected chi connectivity index (χ2v) is 7.94. The van der Waals surface area contributed by atoms with Gasteiger partial charge in [-0.1, -0.05) is 47.5 Å². The van der Waals surface area contributed by atoms with Gasteiger partial charge in [0.2, 0.25) is 0 Å². The lowest BCUT2D eigenvalue weighted by molar-refractivity contribution is 0.915. The van der Waals surface area contributed by atoms with E-state index in [9.17, 15) is 0 Å². The Balaban J connectivity index is 1.90. The molecule has 0 bridgehead atoms. The number of fused-ring (bicyclic) bond motifs is 3. The summed E-state index contributed by atoms with van der Waals surface area (Å²) in [6, 6.07) is 21.5. The monoisotopic (exact) mass is 377 g/mol. The van der Waals surface area contributed by atoms with Gasteiger partial charge in [0.05, 0.1) is 16.7 Å². The van der Waals surface area contributed by atoms with Gasteiger partial charge in [-0.15, -0.1) is 0 Å². The molecule has 0 aliphatic carbocycles. The highest BCUT2D eigenvalue weighted by Crippen LogP contribution is 2.34. The highest BCUT2D eigenvalue weighted by atomic mass is 15.3. The highest BCUT2D eigenvalue weighted by Gasteiger charge is 2.17. The molecule has 0 saturated heterocycles. The summed E-state index contributed by atoms with van der Waals surface area (Å²) in [4.78, 5) is 4.74. The minimum Gasteiger partial charge on any atom is -0.255 e. The van der Waals surface area contributed by atoms with Gasteiger partial charge in [-0.3, -0.25) is 4.98 Å². The van der Waals surface area contributed by atoms with Crippen LogP contribution in [0.4, 0.5) is 0 Å². The van der Waals surface area contributed by atoms with Crippen LogP contribution < -0.4 is 0 Å². The SMILES string of the molecule is Cc1ccc(-c2nn(-c3ccc(C)c(C)c3)c3c2cnc2ccc(C)cc23)cc1. The Morgan fingerprint density at radius 2 is 1.45 bits per heavy atom. The zero-order valence-corrected chi connectivity index (χ0v) is 17.2. The molecule has 0 spiro atoms. The number of nitrogens with zero attached hydrogens (tertiary/aromatic N) is 3. The van der Waals surface area contributed by atoms with E-state index >= 15 is 0 Å². The Kier molecular flexibility index (Phi) is 3.99. The first kappa shape index (κ1) is 17.6. The number of aryl methyl sites for hydroxylation is 4. The summed E-state index contributed by atoms with van der Waals surface area (Å²) in [5, 5.41) is 7.29. The molecule has 0 radical (unpaired) electrons. The largest absolute Gasteiger partial charge is 0.255 e. The molecule has 2 aromatic heterocycles. The van der Waals surface area contributed by atoms with Crippen molar-refractivity contribution in [3.63, 3.8) is 0 Å². The Morgan fingerprint density at radius 3 is 2.21 bits per heavy atom. The number of hydrogen-bond donors (Lipinski definition) is 0. The zero-order valence-electron chi connectivity index (χ0n) is 17.2. The maximum absolute atomic E-state index is 5.09. The van der Waals surface area contributed by atoms with E-state index < -0.39 is 0 Å². The van der Waals surface area contributed by atoms with Crippen LogP contribution in [-0.2, 0) is 0 Å². The van der Waals surface area contributed by atoms with E-state index in [1.54, 1.807) is 0 Å². The Labute approximate surface area is 170 Å². The third-order valence-electron chi connectivity index (χ3n) is 5.72. The summed E-state index contributed by atoms with van der Waals surface area (Å²) in [5.41, 5.74) is 10.3. The standard InChI is InChI=1S/C26H23N3/c1-16-5-9-20(10-6-16)25-23-15-27-24-12-7-17(2)13-22(24)26(23)29(28-25)21-11-8-18(3)19(4)14-21/h5-15H,1-4H3. The van der Waals surface area contributed by atoms with Crippen LogP contribution in [0.3, 0.4) is 0 Å². The predicted molar refractivity (Wildman–Crippen MR) is 121 cm³/mol. The van der Waals surface area contributed by atoms with Crippen LogP contribution in [0.1, 0.15) is 22.3 Å². The maximum atomic E-state index is 5.09. The third-order valence-corrected chi connectivity index (χ3v) is 5.72. The molecule has 3 nitrogen and oxygen atoms in total. The van der Waals surface area contributed by atoms with Crippen LogP contribution in [-0.4, -0.2) is 14.8 Å². The van der Waals surface area contributed by atoms with Crippen molar-refractivity contribution in [3.05, 3.63) is 89.1 Å². The van der Waals surface area contributed by atoms with Crippen molar-refractivity contribution in [2.45, 2.75) is 27.7 Å². The lowest BCUT2D eigenvalue weighted by Gasteiger charge is -2.09. The van der Waals surface area contributed by atoms with Gasteiger partial charge in [0.1, 0.15) is 5.69 Å². The van der Waals surface area contributed by atoms with Crippen molar-refractivity contribution < 1.29 is 0 Å². The van der Waals surface area contributed by atoms with Gasteiger partial charge < -0.3 is 0 Å². The van der Waals surface area contributed by atoms with Crippen molar-refractivity contribution in [1.29, 1.82) is 0 Å². The first-order valence-corrected chi connectivity index (χ1v) is 9.94. The molecule has 3 heteroatoms. The van der Waals surface area contributed by atoms with E-state index in [4.69, 9.17) is 10.1 Å². The summed E-state index contributed by atoms with van der Waals surface area (Å²) in [6.45, 7) is 8.51. The second kappa shape index (κ2) is 6.56. The van der Waals surface area contributed by atoms with E-state index in [2.05, 4.69) is 93.0 Å². The smallest absolute Gasteiger partial charge is 0.102 e. The van der Waals surface area contributed by atoms with Crippen LogP contribution >= 0.6 is 0 Å². The average molecular weight is 377 g/mol. The van der Waals surface area contributed by atoms with Crippen molar-refractivity contribution >= 4 is 21.8 Å². The number of aromatic nitrogens is 3. The lowest BCUT2D eigenvalue weighted by Crippen LogP contribution is -1.98. The molecule has 142 valence electrons. The van der Waals surface area contributed by atoms with Gasteiger partial charge in [0, 0.05) is 22.5 Å². The molecule has 0 aliphatic heterocycles. The van der Waals surface area contributed by atoms with Crippen LogP contribution in [0.2, 0.25) is 0 Å². The molecule has 2 heterocycles. The summed E-state index contributed by atoms with van der Waals surface area (Å²) in [6.07, 6.45) is 1.97. The molecule has 0 unspecified atom stereocenters. The summed E-state index contributed by atoms with van der Waals surface area (Å²) in [7, 11) is 0. The van der Waals surface area contributed by atoms with Gasteiger partial charge in [-0.2, -0.15) is 5.10 Å². The van der Waals surface area contributed by atoms with Gasteiger partial charge in [0.15, 0.2) is 0 Å². The topological polar surface area (TPSA) is 30.7 Å². The second-order valence-electron chi connectivity index (χ2n) is 7.94. The molecule has 0 fully saturated rings. The average Bonchev–Trinajstić information content (AvgIpc) is 3.11. The van der Waals surface area contributed by atoms with Crippen molar-refractivity contribution in [1.82, 2.24) is 14.8 Å². The highest BCUT2D eigenvalue weighted by molar-refractivity contribution is 6.08. The number of rotatable bonds is 2. The van der Waals surface area contributed by atoms with Crippen molar-refractivity contribution in [2.75, 3.05) is 0 Å². The number of hydrogen-bond acceptors (Lipinski definition) is 2. The first-order valence-electron chi connectivity index (χ1n) is 9.94. The van der Waals surface area contributed by atoms with Crippen LogP contribution in [0.5, 0.6) is 0 Å². The molecule has 0 amide bonds. The molecule has 29 heavy (non-hydrogen) atoms. The van der Waals surface area contributed by atoms with E-state index in [1.807, 2.05) is 6.20 Å². The van der Waals surface area contributed by atoms with Crippen LogP contribution in [0.25, 0.3) is 38.8 Å². The fraction of sp³-hybridized carbons (Fsp3) is 0.154. The Morgan fingerprint density at radius 1 is 0.690 bits per heavy atom. The minimum absolute atomic E-state index is 0.967. The van der Waals surface area contributed by atoms with Crippen molar-refractivity contribution in [2.24, 2.45) is 0 Å². The van der Waals surface area contributed by atoms with Gasteiger partial charge >= 0.3 is 0 Å². The van der Waals surface area contributed by atoms with Gasteiger partial charge in [-0.25, -0.2) is 4.68 Å². The fourth-order valence-corrected chi connectivity index (χ4v) is 3.87. The summed E-state index contributed by atoms with van der Waals surface area (Å²) in [5.74, 6) is 0. The Bertz CT molecular complexity index is 1380. The molecule has 5 rings (SSSR count). The predicted octanol–water partition coefficient (Wildman–Crippen LogP) is 6.47. The number of benzene rings is 3. The Hall–Kier alpha value is -3.46. The maximum Gasteiger partial charge on any atom is 0.102 e. The van der Waals surface area contributed by atoms with E-state index in [-0.39, 0.29) is 0 Å². The number of pyridine rings is 1. The molecule has 3 aromatic carbocycles. The van der Waals surface area contributed by atoms with Gasteiger partial charge in [-0.05, 0) is 63.1 Å². The summed E-state index contributed by atoms with van der Waals surface area (Å²) < 4.78 is 2.08. The normalized spacial score (nSPS) is 11.4. The molecular formula is C26H23N3. The first-order chi connectivity index (χ1) is 14.0. The minimum atomic E-state index is 0.967. The molecule has 0 N–H and O–H groups in total. The third kappa shape index (κ3) is 2.90. The van der Waals surface area contributed by atoms with E-state index in [0.717, 1.165) is 38.8 Å². The van der Waals surface area contributed by atoms with Crippen molar-refractivity contribution in [3.8, 4) is 16.9 Å². The lowest BCUT2D eigenvalue weighted by atomic mass is 10.0. The van der Waals surface area contributed by atoms with Crippen LogP contribution in [0, 0.1) is 27.7 Å². The molecule has 5 aromatic rings. The molecular weight excluding hydrogens is 354 g/mol. The van der Waals surface area contributed by atoms with E-state index in [0.29, 0.717) is 0 Å². The van der Waals surface area contributed by atoms with Gasteiger partial charge in [0.25, 0.3) is 0 Å². The van der Waals surface area contributed by atoms with E-state index in [1.165, 1.54) is 22.3 Å². The van der Waals surface area contributed by atoms with Crippen LogP contribution in [0.15, 0.2) is 66.9 Å². The zero-order chi connectivity index (χ0) is 20.1. The fourth-order valence-electron chi connectivity index (χ4n) is 3.87. The molecule has 0 atom stereocenters. The summed E-state index contributed by atoms with van der Waals surface area (Å²) >= 11 is 0. The molecule has 0 saturated carbocycles.